The number of carbonyl (C=O) groups is 1. The minimum absolute atomic E-state index is 0.000272. The van der Waals surface area contributed by atoms with Crippen molar-refractivity contribution in [2.75, 3.05) is 25.5 Å². The molecular weight excluding hydrogens is 228 g/mol. The van der Waals surface area contributed by atoms with Gasteiger partial charge < -0.3 is 10.2 Å². The van der Waals surface area contributed by atoms with E-state index in [1.54, 1.807) is 19.2 Å². The molecule has 0 unspecified atom stereocenters. The van der Waals surface area contributed by atoms with Crippen LogP contribution in [-0.4, -0.2) is 41.1 Å². The number of hydrogen-bond acceptors (Lipinski definition) is 4. The lowest BCUT2D eigenvalue weighted by Crippen LogP contribution is -2.38. The summed E-state index contributed by atoms with van der Waals surface area (Å²) in [6, 6.07) is 3.51. The van der Waals surface area contributed by atoms with Gasteiger partial charge in [0, 0.05) is 20.1 Å². The summed E-state index contributed by atoms with van der Waals surface area (Å²) in [5.41, 5.74) is 0.434. The zero-order chi connectivity index (χ0) is 13.0. The third-order valence-electron chi connectivity index (χ3n) is 3.62. The van der Waals surface area contributed by atoms with E-state index in [1.165, 1.54) is 6.42 Å². The Morgan fingerprint density at radius 3 is 2.61 bits per heavy atom. The van der Waals surface area contributed by atoms with Crippen molar-refractivity contribution in [2.45, 2.75) is 26.2 Å². The molecular formula is C13H20N4O. The van der Waals surface area contributed by atoms with Crippen molar-refractivity contribution in [1.82, 2.24) is 15.1 Å². The van der Waals surface area contributed by atoms with Gasteiger partial charge >= 0.3 is 0 Å². The van der Waals surface area contributed by atoms with Crippen molar-refractivity contribution in [1.29, 1.82) is 0 Å². The van der Waals surface area contributed by atoms with E-state index in [1.807, 2.05) is 4.90 Å². The first-order valence-corrected chi connectivity index (χ1v) is 6.55. The molecule has 0 radical (unpaired) electrons. The summed E-state index contributed by atoms with van der Waals surface area (Å²) >= 11 is 0. The average molecular weight is 248 g/mol. The summed E-state index contributed by atoms with van der Waals surface area (Å²) in [5.74, 6) is 1.45. The lowest BCUT2D eigenvalue weighted by atomic mass is 9.94. The van der Waals surface area contributed by atoms with E-state index in [-0.39, 0.29) is 5.91 Å². The molecule has 0 aliphatic carbocycles. The van der Waals surface area contributed by atoms with Gasteiger partial charge in [-0.05, 0) is 30.9 Å². The zero-order valence-corrected chi connectivity index (χ0v) is 11.0. The van der Waals surface area contributed by atoms with Crippen LogP contribution in [0.5, 0.6) is 0 Å². The van der Waals surface area contributed by atoms with Crippen LogP contribution in [0.15, 0.2) is 12.1 Å². The maximum absolute atomic E-state index is 12.2. The van der Waals surface area contributed by atoms with Gasteiger partial charge in [0.1, 0.15) is 5.82 Å². The highest BCUT2D eigenvalue weighted by atomic mass is 16.2. The van der Waals surface area contributed by atoms with Crippen LogP contribution in [-0.2, 0) is 0 Å². The number of piperidine rings is 1. The number of nitrogens with one attached hydrogen (secondary N) is 1. The second-order valence-electron chi connectivity index (χ2n) is 4.70. The van der Waals surface area contributed by atoms with Gasteiger partial charge in [-0.3, -0.25) is 4.79 Å². The number of aromatic nitrogens is 2. The van der Waals surface area contributed by atoms with Crippen LogP contribution in [0, 0.1) is 5.92 Å². The molecule has 0 bridgehead atoms. The van der Waals surface area contributed by atoms with E-state index in [4.69, 9.17) is 0 Å². The fourth-order valence-corrected chi connectivity index (χ4v) is 2.29. The third-order valence-corrected chi connectivity index (χ3v) is 3.62. The second kappa shape index (κ2) is 5.80. The summed E-state index contributed by atoms with van der Waals surface area (Å²) in [6.45, 7) is 3.89. The summed E-state index contributed by atoms with van der Waals surface area (Å²) in [4.78, 5) is 14.1. The molecule has 0 saturated carbocycles. The Bertz CT molecular complexity index is 396. The van der Waals surface area contributed by atoms with Gasteiger partial charge in [-0.1, -0.05) is 13.3 Å². The maximum atomic E-state index is 12.2. The van der Waals surface area contributed by atoms with Gasteiger partial charge in [0.2, 0.25) is 0 Å². The van der Waals surface area contributed by atoms with Crippen molar-refractivity contribution in [3.05, 3.63) is 17.8 Å². The molecule has 0 spiro atoms. The van der Waals surface area contributed by atoms with Crippen molar-refractivity contribution >= 4 is 11.7 Å². The van der Waals surface area contributed by atoms with Crippen LogP contribution in [0.1, 0.15) is 36.7 Å². The van der Waals surface area contributed by atoms with Crippen molar-refractivity contribution in [3.8, 4) is 0 Å². The molecule has 18 heavy (non-hydrogen) atoms. The molecule has 0 aromatic carbocycles. The van der Waals surface area contributed by atoms with Crippen LogP contribution in [0.25, 0.3) is 0 Å². The van der Waals surface area contributed by atoms with Crippen LogP contribution in [0.2, 0.25) is 0 Å². The maximum Gasteiger partial charge on any atom is 0.274 e. The summed E-state index contributed by atoms with van der Waals surface area (Å²) in [7, 11) is 1.78. The molecule has 1 aromatic heterocycles. The molecule has 2 heterocycles. The Morgan fingerprint density at radius 2 is 2.11 bits per heavy atom. The monoisotopic (exact) mass is 248 g/mol. The first-order chi connectivity index (χ1) is 8.74. The lowest BCUT2D eigenvalue weighted by molar-refractivity contribution is 0.0681. The quantitative estimate of drug-likeness (QED) is 0.886. The molecule has 1 fully saturated rings. The largest absolute Gasteiger partial charge is 0.372 e. The number of likely N-dealkylation sites (tertiary alicyclic amines) is 1. The second-order valence-corrected chi connectivity index (χ2v) is 4.70. The SMILES string of the molecule is CCC1CCN(C(=O)c2ccc(NC)nn2)CC1. The van der Waals surface area contributed by atoms with E-state index >= 15 is 0 Å². The molecule has 5 nitrogen and oxygen atoms in total. The minimum atomic E-state index is -0.000272. The van der Waals surface area contributed by atoms with Crippen molar-refractivity contribution in [3.63, 3.8) is 0 Å². The highest BCUT2D eigenvalue weighted by Crippen LogP contribution is 2.20. The highest BCUT2D eigenvalue weighted by molar-refractivity contribution is 5.92. The fourth-order valence-electron chi connectivity index (χ4n) is 2.29. The average Bonchev–Trinajstić information content (AvgIpc) is 2.47. The molecule has 98 valence electrons. The minimum Gasteiger partial charge on any atom is -0.372 e. The number of anilines is 1. The Balaban J connectivity index is 1.98. The topological polar surface area (TPSA) is 58.1 Å². The number of amides is 1. The van der Waals surface area contributed by atoms with Crippen molar-refractivity contribution < 1.29 is 4.79 Å². The van der Waals surface area contributed by atoms with Gasteiger partial charge in [-0.25, -0.2) is 0 Å². The normalized spacial score (nSPS) is 16.7. The van der Waals surface area contributed by atoms with Gasteiger partial charge in [0.15, 0.2) is 5.69 Å². The zero-order valence-electron chi connectivity index (χ0n) is 11.0. The van der Waals surface area contributed by atoms with Crippen LogP contribution < -0.4 is 5.32 Å². The predicted molar refractivity (Wildman–Crippen MR) is 70.5 cm³/mol. The molecule has 1 N–H and O–H groups in total. The fraction of sp³-hybridized carbons (Fsp3) is 0.615. The highest BCUT2D eigenvalue weighted by Gasteiger charge is 2.23. The Morgan fingerprint density at radius 1 is 1.39 bits per heavy atom. The molecule has 1 amide bonds. The Labute approximate surface area is 108 Å². The third kappa shape index (κ3) is 2.78. The van der Waals surface area contributed by atoms with E-state index in [0.29, 0.717) is 11.5 Å². The van der Waals surface area contributed by atoms with E-state index in [0.717, 1.165) is 31.8 Å². The van der Waals surface area contributed by atoms with Crippen molar-refractivity contribution in [2.24, 2.45) is 5.92 Å². The van der Waals surface area contributed by atoms with Gasteiger partial charge in [0.25, 0.3) is 5.91 Å². The van der Waals surface area contributed by atoms with E-state index in [2.05, 4.69) is 22.4 Å². The summed E-state index contributed by atoms with van der Waals surface area (Å²) < 4.78 is 0. The molecule has 1 aliphatic heterocycles. The predicted octanol–water partition coefficient (Wildman–Crippen LogP) is 1.78. The summed E-state index contributed by atoms with van der Waals surface area (Å²) in [5, 5.41) is 10.8. The van der Waals surface area contributed by atoms with Gasteiger partial charge in [-0.15, -0.1) is 10.2 Å². The van der Waals surface area contributed by atoms with Gasteiger partial charge in [-0.2, -0.15) is 0 Å². The molecule has 1 saturated heterocycles. The molecule has 2 rings (SSSR count). The first-order valence-electron chi connectivity index (χ1n) is 6.55. The Hall–Kier alpha value is -1.65. The molecule has 0 atom stereocenters. The van der Waals surface area contributed by atoms with Crippen LogP contribution >= 0.6 is 0 Å². The van der Waals surface area contributed by atoms with E-state index in [9.17, 15) is 4.79 Å². The molecule has 1 aromatic rings. The van der Waals surface area contributed by atoms with Gasteiger partial charge in [0.05, 0.1) is 0 Å². The van der Waals surface area contributed by atoms with Crippen LogP contribution in [0.4, 0.5) is 5.82 Å². The number of hydrogen-bond donors (Lipinski definition) is 1. The van der Waals surface area contributed by atoms with Crippen LogP contribution in [0.3, 0.4) is 0 Å². The first kappa shape index (κ1) is 12.8. The number of nitrogens with zero attached hydrogens (tertiary/aromatic N) is 3. The number of carbonyl (C=O) groups excluding carboxylic acids is 1. The standard InChI is InChI=1S/C13H20N4O/c1-3-10-6-8-17(9-7-10)13(18)11-4-5-12(14-2)16-15-11/h4-5,10H,3,6-9H2,1-2H3,(H,14,16). The summed E-state index contributed by atoms with van der Waals surface area (Å²) in [6.07, 6.45) is 3.41. The Kier molecular flexibility index (Phi) is 4.12. The lowest BCUT2D eigenvalue weighted by Gasteiger charge is -2.31. The smallest absolute Gasteiger partial charge is 0.274 e. The molecule has 1 aliphatic rings. The van der Waals surface area contributed by atoms with E-state index < -0.39 is 0 Å². The molecule has 5 heteroatoms. The number of rotatable bonds is 3.